The van der Waals surface area contributed by atoms with Crippen molar-refractivity contribution in [3.05, 3.63) is 40.4 Å². The minimum atomic E-state index is -0.715. The maximum absolute atomic E-state index is 12.6. The molecule has 1 aliphatic heterocycles. The Kier molecular flexibility index (Phi) is 4.25. The quantitative estimate of drug-likeness (QED) is 0.887. The van der Waals surface area contributed by atoms with Crippen LogP contribution in [0, 0.1) is 18.3 Å². The molecule has 1 aromatic heterocycles. The minimum Gasteiger partial charge on any atom is -0.481 e. The average Bonchev–Trinajstić information content (AvgIpc) is 3.36. The van der Waals surface area contributed by atoms with Gasteiger partial charge in [-0.2, -0.15) is 0 Å². The molecule has 2 fully saturated rings. The number of aliphatic carboxylic acids is 1. The first-order chi connectivity index (χ1) is 12.9. The second-order valence-electron chi connectivity index (χ2n) is 7.80. The number of aromatic nitrogens is 2. The van der Waals surface area contributed by atoms with Crippen LogP contribution in [-0.4, -0.2) is 44.5 Å². The Hall–Kier alpha value is -2.70. The molecule has 2 aromatic rings. The first-order valence-electron chi connectivity index (χ1n) is 9.37. The summed E-state index contributed by atoms with van der Waals surface area (Å²) in [4.78, 5) is 42.4. The second kappa shape index (κ2) is 6.48. The molecule has 1 unspecified atom stereocenters. The molecule has 1 saturated carbocycles. The van der Waals surface area contributed by atoms with Gasteiger partial charge in [-0.1, -0.05) is 12.1 Å². The number of likely N-dealkylation sites (tertiary alicyclic amines) is 1. The maximum atomic E-state index is 12.6. The number of hydrogen-bond donors (Lipinski definition) is 1. The minimum absolute atomic E-state index is 0.00798. The van der Waals surface area contributed by atoms with Crippen molar-refractivity contribution in [1.29, 1.82) is 0 Å². The van der Waals surface area contributed by atoms with Crippen molar-refractivity contribution < 1.29 is 14.7 Å². The number of rotatable bonds is 4. The standard InChI is InChI=1S/C20H23N3O4/c1-13-3-2-4-14-17(13)21-12-23(18(14)25)8-5-16(24)22-9-6-20(7-10-22)11-15(20)19(26)27/h2-4,12,15H,5-11H2,1H3,(H,26,27). The van der Waals surface area contributed by atoms with Gasteiger partial charge in [0.1, 0.15) is 0 Å². The first-order valence-corrected chi connectivity index (χ1v) is 9.37. The van der Waals surface area contributed by atoms with Crippen molar-refractivity contribution >= 4 is 22.8 Å². The Morgan fingerprint density at radius 2 is 2.04 bits per heavy atom. The molecular weight excluding hydrogens is 346 g/mol. The molecule has 1 aromatic carbocycles. The molecule has 0 bridgehead atoms. The van der Waals surface area contributed by atoms with Crippen LogP contribution in [0.1, 0.15) is 31.2 Å². The average molecular weight is 369 g/mol. The zero-order valence-electron chi connectivity index (χ0n) is 15.4. The van der Waals surface area contributed by atoms with E-state index in [4.69, 9.17) is 5.11 Å². The lowest BCUT2D eigenvalue weighted by atomic mass is 9.90. The molecule has 4 rings (SSSR count). The highest BCUT2D eigenvalue weighted by Crippen LogP contribution is 2.59. The Bertz CT molecular complexity index is 973. The van der Waals surface area contributed by atoms with E-state index in [1.165, 1.54) is 10.9 Å². The van der Waals surface area contributed by atoms with Crippen LogP contribution in [0.25, 0.3) is 10.9 Å². The Morgan fingerprint density at radius 3 is 2.70 bits per heavy atom. The van der Waals surface area contributed by atoms with E-state index in [1.54, 1.807) is 11.0 Å². The fraction of sp³-hybridized carbons (Fsp3) is 0.500. The van der Waals surface area contributed by atoms with Crippen LogP contribution in [0.5, 0.6) is 0 Å². The number of para-hydroxylation sites is 1. The summed E-state index contributed by atoms with van der Waals surface area (Å²) in [7, 11) is 0. The number of amides is 1. The van der Waals surface area contributed by atoms with E-state index in [1.807, 2.05) is 19.1 Å². The highest BCUT2D eigenvalue weighted by atomic mass is 16.4. The van der Waals surface area contributed by atoms with Gasteiger partial charge in [-0.05, 0) is 43.2 Å². The van der Waals surface area contributed by atoms with E-state index in [9.17, 15) is 14.4 Å². The number of nitrogens with zero attached hydrogens (tertiary/aromatic N) is 3. The second-order valence-corrected chi connectivity index (χ2v) is 7.80. The van der Waals surface area contributed by atoms with Crippen molar-refractivity contribution in [2.24, 2.45) is 11.3 Å². The molecule has 1 spiro atoms. The summed E-state index contributed by atoms with van der Waals surface area (Å²) in [6.07, 6.45) is 4.01. The van der Waals surface area contributed by atoms with E-state index in [2.05, 4.69) is 4.98 Å². The number of piperidine rings is 1. The van der Waals surface area contributed by atoms with E-state index in [-0.39, 0.29) is 29.2 Å². The predicted molar refractivity (Wildman–Crippen MR) is 99.3 cm³/mol. The van der Waals surface area contributed by atoms with E-state index in [0.717, 1.165) is 24.8 Å². The van der Waals surface area contributed by atoms with E-state index >= 15 is 0 Å². The predicted octanol–water partition coefficient (Wildman–Crippen LogP) is 1.81. The van der Waals surface area contributed by atoms with Crippen LogP contribution in [0.4, 0.5) is 0 Å². The van der Waals surface area contributed by atoms with Crippen LogP contribution in [-0.2, 0) is 16.1 Å². The summed E-state index contributed by atoms with van der Waals surface area (Å²) in [6.45, 7) is 3.42. The largest absolute Gasteiger partial charge is 0.481 e. The third-order valence-electron chi connectivity index (χ3n) is 6.22. The molecule has 2 aliphatic rings. The molecule has 1 atom stereocenters. The highest BCUT2D eigenvalue weighted by Gasteiger charge is 2.59. The van der Waals surface area contributed by atoms with Crippen LogP contribution in [0.15, 0.2) is 29.3 Å². The number of carboxylic acids is 1. The van der Waals surface area contributed by atoms with Gasteiger partial charge in [0.15, 0.2) is 0 Å². The molecule has 1 N–H and O–H groups in total. The molecule has 1 aliphatic carbocycles. The highest BCUT2D eigenvalue weighted by molar-refractivity contribution is 5.80. The summed E-state index contributed by atoms with van der Waals surface area (Å²) < 4.78 is 1.49. The molecule has 27 heavy (non-hydrogen) atoms. The van der Waals surface area contributed by atoms with Crippen LogP contribution < -0.4 is 5.56 Å². The number of fused-ring (bicyclic) bond motifs is 1. The van der Waals surface area contributed by atoms with Crippen molar-refractivity contribution in [2.45, 2.75) is 39.2 Å². The fourth-order valence-corrected chi connectivity index (χ4v) is 4.32. The third kappa shape index (κ3) is 3.11. The summed E-state index contributed by atoms with van der Waals surface area (Å²) in [6, 6.07) is 5.51. The number of aryl methyl sites for hydroxylation is 2. The Morgan fingerprint density at radius 1 is 1.30 bits per heavy atom. The van der Waals surface area contributed by atoms with Gasteiger partial charge in [-0.25, -0.2) is 4.98 Å². The van der Waals surface area contributed by atoms with Gasteiger partial charge < -0.3 is 10.0 Å². The van der Waals surface area contributed by atoms with Gasteiger partial charge >= 0.3 is 5.97 Å². The normalized spacial score (nSPS) is 20.8. The number of hydrogen-bond acceptors (Lipinski definition) is 4. The zero-order valence-corrected chi connectivity index (χ0v) is 15.4. The first kappa shape index (κ1) is 17.7. The molecule has 7 nitrogen and oxygen atoms in total. The molecule has 1 amide bonds. The molecular formula is C20H23N3O4. The van der Waals surface area contributed by atoms with Crippen LogP contribution in [0.2, 0.25) is 0 Å². The van der Waals surface area contributed by atoms with E-state index in [0.29, 0.717) is 30.5 Å². The van der Waals surface area contributed by atoms with Crippen molar-refractivity contribution in [3.8, 4) is 0 Å². The molecule has 0 radical (unpaired) electrons. The topological polar surface area (TPSA) is 92.5 Å². The summed E-state index contributed by atoms with van der Waals surface area (Å²) >= 11 is 0. The lowest BCUT2D eigenvalue weighted by Gasteiger charge is -2.32. The van der Waals surface area contributed by atoms with Gasteiger partial charge in [0.05, 0.1) is 23.1 Å². The summed E-state index contributed by atoms with van der Waals surface area (Å²) in [5, 5.41) is 9.72. The van der Waals surface area contributed by atoms with Gasteiger partial charge in [0, 0.05) is 26.1 Å². The molecule has 1 saturated heterocycles. The Labute approximate surface area is 156 Å². The van der Waals surface area contributed by atoms with Crippen molar-refractivity contribution in [1.82, 2.24) is 14.5 Å². The van der Waals surface area contributed by atoms with Crippen LogP contribution >= 0.6 is 0 Å². The number of carboxylic acid groups (broad SMARTS) is 1. The van der Waals surface area contributed by atoms with Crippen molar-refractivity contribution in [2.75, 3.05) is 13.1 Å². The Balaban J connectivity index is 1.38. The van der Waals surface area contributed by atoms with E-state index < -0.39 is 5.97 Å². The number of benzene rings is 1. The summed E-state index contributed by atoms with van der Waals surface area (Å²) in [5.41, 5.74) is 1.44. The fourth-order valence-electron chi connectivity index (χ4n) is 4.32. The number of carbonyl (C=O) groups excluding carboxylic acids is 1. The number of carbonyl (C=O) groups is 2. The SMILES string of the molecule is Cc1cccc2c(=O)n(CCC(=O)N3CCC4(CC3)CC4C(=O)O)cnc12. The zero-order chi connectivity index (χ0) is 19.2. The molecule has 7 heteroatoms. The third-order valence-corrected chi connectivity index (χ3v) is 6.22. The van der Waals surface area contributed by atoms with Crippen molar-refractivity contribution in [3.63, 3.8) is 0 Å². The van der Waals surface area contributed by atoms with Gasteiger partial charge in [-0.3, -0.25) is 19.0 Å². The van der Waals surface area contributed by atoms with Crippen LogP contribution in [0.3, 0.4) is 0 Å². The monoisotopic (exact) mass is 369 g/mol. The maximum Gasteiger partial charge on any atom is 0.307 e. The lowest BCUT2D eigenvalue weighted by molar-refractivity contribution is -0.139. The molecule has 2 heterocycles. The van der Waals surface area contributed by atoms with Gasteiger partial charge in [0.2, 0.25) is 5.91 Å². The molecule has 142 valence electrons. The van der Waals surface area contributed by atoms with Gasteiger partial charge in [0.25, 0.3) is 5.56 Å². The lowest BCUT2D eigenvalue weighted by Crippen LogP contribution is -2.40. The smallest absolute Gasteiger partial charge is 0.307 e. The van der Waals surface area contributed by atoms with Gasteiger partial charge in [-0.15, -0.1) is 0 Å². The summed E-state index contributed by atoms with van der Waals surface area (Å²) in [5.74, 6) is -0.942.